The lowest BCUT2D eigenvalue weighted by molar-refractivity contribution is 0.360. The van der Waals surface area contributed by atoms with Crippen LogP contribution in [0.1, 0.15) is 12.0 Å². The Morgan fingerprint density at radius 1 is 1.06 bits per heavy atom. The highest BCUT2D eigenvalue weighted by Gasteiger charge is 2.12. The minimum atomic E-state index is 0.868. The van der Waals surface area contributed by atoms with Crippen LogP contribution in [0.25, 0.3) is 0 Å². The van der Waals surface area contributed by atoms with E-state index in [4.69, 9.17) is 5.73 Å². The van der Waals surface area contributed by atoms with E-state index >= 15 is 0 Å². The number of likely N-dealkylation sites (N-methyl/N-ethyl adjacent to an activating group) is 1. The largest absolute Gasteiger partial charge is 0.399 e. The lowest BCUT2D eigenvalue weighted by atomic mass is 10.2. The van der Waals surface area contributed by atoms with Crippen molar-refractivity contribution in [2.24, 2.45) is 0 Å². The minimum Gasteiger partial charge on any atom is -0.399 e. The second-order valence-electron chi connectivity index (χ2n) is 4.75. The average molecular weight is 219 g/mol. The van der Waals surface area contributed by atoms with Crippen LogP contribution in [0.2, 0.25) is 0 Å². The van der Waals surface area contributed by atoms with Crippen molar-refractivity contribution in [2.45, 2.75) is 13.3 Å². The van der Waals surface area contributed by atoms with Crippen molar-refractivity contribution in [1.29, 1.82) is 0 Å². The van der Waals surface area contributed by atoms with Gasteiger partial charge in [0, 0.05) is 31.0 Å². The predicted molar refractivity (Wildman–Crippen MR) is 69.9 cm³/mol. The zero-order chi connectivity index (χ0) is 11.5. The van der Waals surface area contributed by atoms with E-state index in [-0.39, 0.29) is 0 Å². The lowest BCUT2D eigenvalue weighted by Gasteiger charge is -2.23. The summed E-state index contributed by atoms with van der Waals surface area (Å²) in [6.07, 6.45) is 1.23. The summed E-state index contributed by atoms with van der Waals surface area (Å²) in [7, 11) is 2.19. The van der Waals surface area contributed by atoms with E-state index in [1.807, 2.05) is 6.07 Å². The summed E-state index contributed by atoms with van der Waals surface area (Å²) in [5, 5.41) is 0. The monoisotopic (exact) mass is 219 g/mol. The van der Waals surface area contributed by atoms with Crippen LogP contribution in [-0.2, 0) is 0 Å². The van der Waals surface area contributed by atoms with Crippen molar-refractivity contribution in [3.05, 3.63) is 23.8 Å². The summed E-state index contributed by atoms with van der Waals surface area (Å²) in [5.41, 5.74) is 9.28. The number of nitrogens with zero attached hydrogens (tertiary/aromatic N) is 2. The summed E-state index contributed by atoms with van der Waals surface area (Å²) in [6, 6.07) is 6.33. The topological polar surface area (TPSA) is 32.5 Å². The summed E-state index contributed by atoms with van der Waals surface area (Å²) in [5.74, 6) is 0. The van der Waals surface area contributed by atoms with Crippen LogP contribution in [0.5, 0.6) is 0 Å². The molecule has 2 rings (SSSR count). The first kappa shape index (κ1) is 11.3. The molecule has 1 saturated heterocycles. The van der Waals surface area contributed by atoms with Crippen LogP contribution < -0.4 is 10.6 Å². The number of hydrogen-bond donors (Lipinski definition) is 1. The SMILES string of the molecule is Cc1cc(N)cc(N2CCCN(C)CC2)c1. The normalized spacial score (nSPS) is 18.5. The van der Waals surface area contributed by atoms with E-state index in [1.165, 1.54) is 24.2 Å². The van der Waals surface area contributed by atoms with E-state index in [1.54, 1.807) is 0 Å². The van der Waals surface area contributed by atoms with Crippen LogP contribution in [0, 0.1) is 6.92 Å². The van der Waals surface area contributed by atoms with Crippen molar-refractivity contribution in [2.75, 3.05) is 43.9 Å². The Labute approximate surface area is 97.8 Å². The second-order valence-corrected chi connectivity index (χ2v) is 4.75. The lowest BCUT2D eigenvalue weighted by Crippen LogP contribution is -2.28. The van der Waals surface area contributed by atoms with Gasteiger partial charge in [-0.05, 0) is 50.7 Å². The molecule has 16 heavy (non-hydrogen) atoms. The molecule has 0 radical (unpaired) electrons. The summed E-state index contributed by atoms with van der Waals surface area (Å²) < 4.78 is 0. The molecule has 1 aliphatic rings. The van der Waals surface area contributed by atoms with Crippen LogP contribution in [0.15, 0.2) is 18.2 Å². The zero-order valence-electron chi connectivity index (χ0n) is 10.2. The van der Waals surface area contributed by atoms with E-state index in [9.17, 15) is 0 Å². The van der Waals surface area contributed by atoms with E-state index in [2.05, 4.69) is 35.9 Å². The molecular weight excluding hydrogens is 198 g/mol. The highest BCUT2D eigenvalue weighted by molar-refractivity contribution is 5.58. The van der Waals surface area contributed by atoms with Crippen molar-refractivity contribution in [3.8, 4) is 0 Å². The van der Waals surface area contributed by atoms with Gasteiger partial charge in [-0.1, -0.05) is 0 Å². The molecule has 1 aromatic carbocycles. The molecule has 3 heteroatoms. The minimum absolute atomic E-state index is 0.868. The van der Waals surface area contributed by atoms with Crippen molar-refractivity contribution < 1.29 is 0 Å². The molecule has 3 nitrogen and oxygen atoms in total. The molecule has 0 amide bonds. The molecule has 1 fully saturated rings. The molecular formula is C13H21N3. The third-order valence-corrected chi connectivity index (χ3v) is 3.17. The van der Waals surface area contributed by atoms with Crippen LogP contribution in [0.3, 0.4) is 0 Å². The third-order valence-electron chi connectivity index (χ3n) is 3.17. The number of rotatable bonds is 1. The Bertz CT molecular complexity index is 342. The molecule has 1 aromatic rings. The van der Waals surface area contributed by atoms with E-state index < -0.39 is 0 Å². The fraction of sp³-hybridized carbons (Fsp3) is 0.538. The van der Waals surface area contributed by atoms with Gasteiger partial charge in [-0.15, -0.1) is 0 Å². The van der Waals surface area contributed by atoms with Crippen molar-refractivity contribution >= 4 is 11.4 Å². The molecule has 0 unspecified atom stereocenters. The molecule has 1 aliphatic heterocycles. The molecule has 0 bridgehead atoms. The quantitative estimate of drug-likeness (QED) is 0.730. The van der Waals surface area contributed by atoms with Gasteiger partial charge >= 0.3 is 0 Å². The number of nitrogen functional groups attached to an aromatic ring is 1. The van der Waals surface area contributed by atoms with Gasteiger partial charge in [-0.3, -0.25) is 0 Å². The Morgan fingerprint density at radius 2 is 1.88 bits per heavy atom. The smallest absolute Gasteiger partial charge is 0.0389 e. The molecule has 0 aliphatic carbocycles. The maximum atomic E-state index is 5.90. The number of aryl methyl sites for hydroxylation is 1. The Morgan fingerprint density at radius 3 is 2.62 bits per heavy atom. The van der Waals surface area contributed by atoms with Crippen LogP contribution in [0.4, 0.5) is 11.4 Å². The number of nitrogens with two attached hydrogens (primary N) is 1. The molecule has 1 heterocycles. The number of anilines is 2. The predicted octanol–water partition coefficient (Wildman–Crippen LogP) is 1.72. The number of hydrogen-bond acceptors (Lipinski definition) is 3. The van der Waals surface area contributed by atoms with Gasteiger partial charge < -0.3 is 15.5 Å². The second kappa shape index (κ2) is 4.74. The van der Waals surface area contributed by atoms with Crippen molar-refractivity contribution in [3.63, 3.8) is 0 Å². The molecule has 0 spiro atoms. The molecule has 2 N–H and O–H groups in total. The Hall–Kier alpha value is -1.22. The fourth-order valence-corrected chi connectivity index (χ4v) is 2.28. The standard InChI is InChI=1S/C13H21N3/c1-11-8-12(14)10-13(9-11)16-5-3-4-15(2)6-7-16/h8-10H,3-7,14H2,1-2H3. The maximum Gasteiger partial charge on any atom is 0.0389 e. The van der Waals surface area contributed by atoms with Gasteiger partial charge in [0.15, 0.2) is 0 Å². The molecule has 88 valence electrons. The van der Waals surface area contributed by atoms with Gasteiger partial charge in [0.2, 0.25) is 0 Å². The molecule has 0 saturated carbocycles. The first-order valence-electron chi connectivity index (χ1n) is 5.96. The average Bonchev–Trinajstić information content (AvgIpc) is 2.41. The highest BCUT2D eigenvalue weighted by atomic mass is 15.2. The van der Waals surface area contributed by atoms with Crippen molar-refractivity contribution in [1.82, 2.24) is 4.90 Å². The van der Waals surface area contributed by atoms with Gasteiger partial charge in [-0.2, -0.15) is 0 Å². The molecule has 0 atom stereocenters. The van der Waals surface area contributed by atoms with Gasteiger partial charge in [-0.25, -0.2) is 0 Å². The van der Waals surface area contributed by atoms with E-state index in [0.29, 0.717) is 0 Å². The number of benzene rings is 1. The maximum absolute atomic E-state index is 5.90. The zero-order valence-corrected chi connectivity index (χ0v) is 10.2. The van der Waals surface area contributed by atoms with E-state index in [0.717, 1.165) is 25.3 Å². The highest BCUT2D eigenvalue weighted by Crippen LogP contribution is 2.21. The summed E-state index contributed by atoms with van der Waals surface area (Å²) >= 11 is 0. The van der Waals surface area contributed by atoms with Gasteiger partial charge in [0.25, 0.3) is 0 Å². The van der Waals surface area contributed by atoms with Gasteiger partial charge in [0.1, 0.15) is 0 Å². The fourth-order valence-electron chi connectivity index (χ4n) is 2.28. The van der Waals surface area contributed by atoms with Crippen LogP contribution in [-0.4, -0.2) is 38.1 Å². The first-order valence-corrected chi connectivity index (χ1v) is 5.96. The van der Waals surface area contributed by atoms with Crippen LogP contribution >= 0.6 is 0 Å². The third kappa shape index (κ3) is 2.67. The summed E-state index contributed by atoms with van der Waals surface area (Å²) in [4.78, 5) is 4.83. The summed E-state index contributed by atoms with van der Waals surface area (Å²) in [6.45, 7) is 6.65. The first-order chi connectivity index (χ1) is 7.65. The van der Waals surface area contributed by atoms with Gasteiger partial charge in [0.05, 0.1) is 0 Å². The Kier molecular flexibility index (Phi) is 3.34. The molecule has 0 aromatic heterocycles. The Balaban J connectivity index is 2.16.